The second kappa shape index (κ2) is 6.95. The Kier molecular flexibility index (Phi) is 5.88. The van der Waals surface area contributed by atoms with Gasteiger partial charge in [-0.15, -0.1) is 0 Å². The predicted molar refractivity (Wildman–Crippen MR) is 75.8 cm³/mol. The molecule has 0 saturated heterocycles. The molecule has 0 fully saturated rings. The number of pyridine rings is 1. The average Bonchev–Trinajstić information content (AvgIpc) is 2.30. The average molecular weight is 336 g/mol. The van der Waals surface area contributed by atoms with Gasteiger partial charge < -0.3 is 10.1 Å². The van der Waals surface area contributed by atoms with Gasteiger partial charge in [-0.25, -0.2) is 9.78 Å². The summed E-state index contributed by atoms with van der Waals surface area (Å²) in [5, 5.41) is 3.60. The number of carbonyl (C=O) groups excluding carboxylic acids is 1. The highest BCUT2D eigenvalue weighted by Gasteiger charge is 2.21. The molecule has 1 heterocycles. The lowest BCUT2D eigenvalue weighted by Crippen LogP contribution is -2.32. The fraction of sp³-hybridized carbons (Fsp3) is 0.500. The lowest BCUT2D eigenvalue weighted by Gasteiger charge is -2.19. The number of nitrogens with zero attached hydrogens (tertiary/aromatic N) is 1. The lowest BCUT2D eigenvalue weighted by atomic mass is 10.0. The molecule has 0 bridgehead atoms. The van der Waals surface area contributed by atoms with Crippen LogP contribution >= 0.6 is 27.5 Å². The number of ether oxygens (including phenoxy) is 1. The van der Waals surface area contributed by atoms with Gasteiger partial charge in [0.05, 0.1) is 16.6 Å². The van der Waals surface area contributed by atoms with Crippen molar-refractivity contribution in [2.75, 3.05) is 12.4 Å². The van der Waals surface area contributed by atoms with Crippen molar-refractivity contribution in [2.45, 2.75) is 26.3 Å². The summed E-state index contributed by atoms with van der Waals surface area (Å²) in [5.74, 6) is 0.649. The molecule has 0 aliphatic heterocycles. The van der Waals surface area contributed by atoms with Crippen LogP contribution in [0.25, 0.3) is 0 Å². The smallest absolute Gasteiger partial charge is 0.328 e. The predicted octanol–water partition coefficient (Wildman–Crippen LogP) is 3.50. The van der Waals surface area contributed by atoms with Crippen LogP contribution in [-0.4, -0.2) is 24.1 Å². The Labute approximate surface area is 120 Å². The molecule has 0 amide bonds. The van der Waals surface area contributed by atoms with Gasteiger partial charge in [0.2, 0.25) is 0 Å². The first-order valence-corrected chi connectivity index (χ1v) is 6.76. The normalized spacial score (nSPS) is 12.3. The van der Waals surface area contributed by atoms with Crippen LogP contribution in [0.5, 0.6) is 0 Å². The molecule has 1 atom stereocenters. The summed E-state index contributed by atoms with van der Waals surface area (Å²) in [6.45, 7) is 4.09. The van der Waals surface area contributed by atoms with E-state index in [1.54, 1.807) is 6.07 Å². The molecule has 0 aliphatic rings. The topological polar surface area (TPSA) is 51.2 Å². The van der Waals surface area contributed by atoms with E-state index in [1.165, 1.54) is 13.3 Å². The number of anilines is 1. The zero-order valence-electron chi connectivity index (χ0n) is 10.5. The molecule has 4 nitrogen and oxygen atoms in total. The maximum atomic E-state index is 11.7. The number of nitrogens with one attached hydrogen (secondary N) is 1. The Hall–Kier alpha value is -0.810. The molecule has 0 saturated carbocycles. The van der Waals surface area contributed by atoms with E-state index in [4.69, 9.17) is 16.3 Å². The van der Waals surface area contributed by atoms with E-state index in [9.17, 15) is 4.79 Å². The van der Waals surface area contributed by atoms with Gasteiger partial charge in [0.1, 0.15) is 11.9 Å². The quantitative estimate of drug-likeness (QED) is 0.837. The molecule has 1 N–H and O–H groups in total. The fourth-order valence-electron chi connectivity index (χ4n) is 1.51. The van der Waals surface area contributed by atoms with Crippen LogP contribution in [0.4, 0.5) is 5.82 Å². The number of carbonyl (C=O) groups is 1. The second-order valence-corrected chi connectivity index (χ2v) is 5.62. The Balaban J connectivity index is 2.85. The molecule has 0 spiro atoms. The minimum Gasteiger partial charge on any atom is -0.467 e. The summed E-state index contributed by atoms with van der Waals surface area (Å²) < 4.78 is 5.49. The molecule has 1 aromatic rings. The van der Waals surface area contributed by atoms with Crippen LogP contribution in [0.15, 0.2) is 16.7 Å². The van der Waals surface area contributed by atoms with E-state index in [0.717, 1.165) is 0 Å². The van der Waals surface area contributed by atoms with Crippen LogP contribution in [0, 0.1) is 5.92 Å². The SMILES string of the molecule is COC(=O)C(CC(C)C)Nc1ncc(Cl)cc1Br. The van der Waals surface area contributed by atoms with E-state index in [0.29, 0.717) is 27.7 Å². The minimum atomic E-state index is -0.417. The van der Waals surface area contributed by atoms with Gasteiger partial charge >= 0.3 is 5.97 Å². The maximum absolute atomic E-state index is 11.7. The summed E-state index contributed by atoms with van der Waals surface area (Å²) >= 11 is 9.17. The molecule has 0 aliphatic carbocycles. The Morgan fingerprint density at radius 3 is 2.78 bits per heavy atom. The van der Waals surface area contributed by atoms with E-state index < -0.39 is 6.04 Å². The number of halogens is 2. The van der Waals surface area contributed by atoms with Crippen molar-refractivity contribution in [2.24, 2.45) is 5.92 Å². The van der Waals surface area contributed by atoms with E-state index >= 15 is 0 Å². The van der Waals surface area contributed by atoms with E-state index in [-0.39, 0.29) is 5.97 Å². The van der Waals surface area contributed by atoms with Crippen molar-refractivity contribution in [1.82, 2.24) is 4.98 Å². The third-order valence-corrected chi connectivity index (χ3v) is 3.12. The summed E-state index contributed by atoms with van der Waals surface area (Å²) in [4.78, 5) is 15.8. The van der Waals surface area contributed by atoms with Gasteiger partial charge in [-0.2, -0.15) is 0 Å². The third kappa shape index (κ3) is 4.46. The van der Waals surface area contributed by atoms with Gasteiger partial charge in [0.25, 0.3) is 0 Å². The Morgan fingerprint density at radius 1 is 1.61 bits per heavy atom. The molecular formula is C12H16BrClN2O2. The van der Waals surface area contributed by atoms with Crippen molar-refractivity contribution in [1.29, 1.82) is 0 Å². The maximum Gasteiger partial charge on any atom is 0.328 e. The van der Waals surface area contributed by atoms with Crippen LogP contribution in [0.2, 0.25) is 5.02 Å². The fourth-order valence-corrected chi connectivity index (χ4v) is 2.27. The first-order chi connectivity index (χ1) is 8.43. The van der Waals surface area contributed by atoms with Gasteiger partial charge in [0.15, 0.2) is 0 Å². The van der Waals surface area contributed by atoms with Crippen LogP contribution in [0.1, 0.15) is 20.3 Å². The minimum absolute atomic E-state index is 0.299. The molecule has 1 rings (SSSR count). The zero-order valence-corrected chi connectivity index (χ0v) is 12.9. The highest BCUT2D eigenvalue weighted by atomic mass is 79.9. The number of rotatable bonds is 5. The lowest BCUT2D eigenvalue weighted by molar-refractivity contribution is -0.141. The molecule has 100 valence electrons. The van der Waals surface area contributed by atoms with Crippen molar-refractivity contribution in [3.8, 4) is 0 Å². The van der Waals surface area contributed by atoms with E-state index in [1.807, 2.05) is 13.8 Å². The molecule has 0 radical (unpaired) electrons. The van der Waals surface area contributed by atoms with Crippen molar-refractivity contribution in [3.63, 3.8) is 0 Å². The molecule has 18 heavy (non-hydrogen) atoms. The van der Waals surface area contributed by atoms with Crippen molar-refractivity contribution in [3.05, 3.63) is 21.8 Å². The number of hydrogen-bond acceptors (Lipinski definition) is 4. The number of aromatic nitrogens is 1. The zero-order chi connectivity index (χ0) is 13.7. The number of hydrogen-bond donors (Lipinski definition) is 1. The van der Waals surface area contributed by atoms with Gasteiger partial charge in [-0.1, -0.05) is 25.4 Å². The monoisotopic (exact) mass is 334 g/mol. The van der Waals surface area contributed by atoms with Crippen LogP contribution in [-0.2, 0) is 9.53 Å². The van der Waals surface area contributed by atoms with E-state index in [2.05, 4.69) is 26.2 Å². The van der Waals surface area contributed by atoms with Crippen LogP contribution in [0.3, 0.4) is 0 Å². The summed E-state index contributed by atoms with van der Waals surface area (Å²) in [5.41, 5.74) is 0. The largest absolute Gasteiger partial charge is 0.467 e. The van der Waals surface area contributed by atoms with Crippen molar-refractivity contribution < 1.29 is 9.53 Å². The highest BCUT2D eigenvalue weighted by Crippen LogP contribution is 2.24. The Morgan fingerprint density at radius 2 is 2.28 bits per heavy atom. The first kappa shape index (κ1) is 15.2. The standard InChI is InChI=1S/C12H16BrClN2O2/c1-7(2)4-10(12(17)18-3)16-11-9(13)5-8(14)6-15-11/h5-7,10H,4H2,1-3H3,(H,15,16). The number of esters is 1. The highest BCUT2D eigenvalue weighted by molar-refractivity contribution is 9.10. The Bertz CT molecular complexity index is 427. The van der Waals surface area contributed by atoms with Crippen LogP contribution < -0.4 is 5.32 Å². The summed E-state index contributed by atoms with van der Waals surface area (Å²) in [6, 6.07) is 1.31. The molecule has 0 aromatic carbocycles. The first-order valence-electron chi connectivity index (χ1n) is 5.59. The third-order valence-electron chi connectivity index (χ3n) is 2.31. The number of methoxy groups -OCH3 is 1. The molecule has 6 heteroatoms. The van der Waals surface area contributed by atoms with Gasteiger partial charge in [-0.05, 0) is 34.3 Å². The molecular weight excluding hydrogens is 320 g/mol. The van der Waals surface area contributed by atoms with Crippen molar-refractivity contribution >= 4 is 39.3 Å². The molecule has 1 unspecified atom stereocenters. The van der Waals surface area contributed by atoms with Gasteiger partial charge in [0, 0.05) is 6.20 Å². The second-order valence-electron chi connectivity index (χ2n) is 4.33. The summed E-state index contributed by atoms with van der Waals surface area (Å²) in [6.07, 6.45) is 2.20. The molecule has 1 aromatic heterocycles. The van der Waals surface area contributed by atoms with Gasteiger partial charge in [-0.3, -0.25) is 0 Å². The summed E-state index contributed by atoms with van der Waals surface area (Å²) in [7, 11) is 1.38.